The molecule has 0 spiro atoms. The highest BCUT2D eigenvalue weighted by Gasteiger charge is 2.26. The summed E-state index contributed by atoms with van der Waals surface area (Å²) in [5, 5.41) is 24.1. The van der Waals surface area contributed by atoms with Crippen LogP contribution >= 0.6 is 0 Å². The largest absolute Gasteiger partial charge is 0.493 e. The number of aromatic nitrogens is 6. The number of imidazole rings is 1. The van der Waals surface area contributed by atoms with E-state index in [0.29, 0.717) is 41.4 Å². The number of nitriles is 1. The van der Waals surface area contributed by atoms with Gasteiger partial charge in [-0.3, -0.25) is 4.98 Å². The summed E-state index contributed by atoms with van der Waals surface area (Å²) >= 11 is 0. The van der Waals surface area contributed by atoms with E-state index in [0.717, 1.165) is 38.5 Å². The van der Waals surface area contributed by atoms with Crippen molar-refractivity contribution >= 4 is 17.7 Å². The summed E-state index contributed by atoms with van der Waals surface area (Å²) in [4.78, 5) is 32.7. The van der Waals surface area contributed by atoms with Gasteiger partial charge in [-0.15, -0.1) is 0 Å². The van der Waals surface area contributed by atoms with Gasteiger partial charge in [0.25, 0.3) is 5.62 Å². The van der Waals surface area contributed by atoms with Gasteiger partial charge < -0.3 is 15.0 Å². The van der Waals surface area contributed by atoms with Crippen LogP contribution in [0.3, 0.4) is 0 Å². The van der Waals surface area contributed by atoms with Crippen LogP contribution in [0.25, 0.3) is 11.7 Å². The molecule has 5 rings (SSSR count). The third-order valence-electron chi connectivity index (χ3n) is 5.73. The number of aromatic amines is 2. The lowest BCUT2D eigenvalue weighted by Crippen LogP contribution is -2.38. The fraction of sp³-hybridized carbons (Fsp3) is 0.500. The van der Waals surface area contributed by atoms with E-state index in [-0.39, 0.29) is 17.6 Å². The van der Waals surface area contributed by atoms with Gasteiger partial charge in [0.2, 0.25) is 11.8 Å². The maximum atomic E-state index is 11.5. The second-order valence-corrected chi connectivity index (χ2v) is 8.04. The number of aromatic hydroxyl groups is 1. The minimum atomic E-state index is -0.496. The third kappa shape index (κ3) is 3.88. The average molecular weight is 421 g/mol. The molecule has 3 aromatic rings. The van der Waals surface area contributed by atoms with Crippen LogP contribution in [0, 0.1) is 11.3 Å². The van der Waals surface area contributed by atoms with Crippen LogP contribution in [-0.2, 0) is 0 Å². The van der Waals surface area contributed by atoms with Gasteiger partial charge in [-0.1, -0.05) is 12.8 Å². The molecule has 0 radical (unpaired) electrons. The smallest absolute Gasteiger partial charge is 0.326 e. The molecule has 3 heterocycles. The van der Waals surface area contributed by atoms with Gasteiger partial charge in [0.05, 0.1) is 24.7 Å². The number of nitrogens with zero attached hydrogens (tertiary/aromatic N) is 7. The fourth-order valence-electron chi connectivity index (χ4n) is 4.03. The zero-order chi connectivity index (χ0) is 21.4. The molecule has 2 saturated carbocycles. The van der Waals surface area contributed by atoms with Gasteiger partial charge in [0.15, 0.2) is 5.65 Å². The summed E-state index contributed by atoms with van der Waals surface area (Å²) < 4.78 is 1.59. The zero-order valence-corrected chi connectivity index (χ0v) is 17.0. The number of anilines is 1. The first-order valence-electron chi connectivity index (χ1n) is 10.6. The Labute approximate surface area is 176 Å². The van der Waals surface area contributed by atoms with Gasteiger partial charge in [-0.05, 0) is 31.8 Å². The fourth-order valence-corrected chi connectivity index (χ4v) is 4.03. The van der Waals surface area contributed by atoms with E-state index in [1.807, 2.05) is 0 Å². The number of nitrogens with one attached hydrogen (secondary N) is 2. The van der Waals surface area contributed by atoms with Gasteiger partial charge in [-0.25, -0.2) is 9.79 Å². The molecule has 11 nitrogen and oxygen atoms in total. The van der Waals surface area contributed by atoms with Crippen molar-refractivity contribution in [2.45, 2.75) is 57.0 Å². The average Bonchev–Trinajstić information content (AvgIpc) is 3.12. The standard InChI is InChI=1S/C20H23N9O2/c21-8-3-9-28(14-4-1-2-5-14)18-25-16-12(10-15-17(30)26-20(31)24-15)11-22-29(16)19(27-18)23-13-6-7-13/h10-11,13-14,30H,1-7,9H2,(H2,24,26,31). The predicted molar refractivity (Wildman–Crippen MR) is 111 cm³/mol. The monoisotopic (exact) mass is 421 g/mol. The zero-order valence-electron chi connectivity index (χ0n) is 17.0. The highest BCUT2D eigenvalue weighted by molar-refractivity contribution is 5.57. The first kappa shape index (κ1) is 19.3. The Morgan fingerprint density at radius 2 is 2.10 bits per heavy atom. The summed E-state index contributed by atoms with van der Waals surface area (Å²) in [6, 6.07) is 2.76. The molecule has 0 amide bonds. The molecule has 11 heteroatoms. The molecule has 2 aliphatic carbocycles. The van der Waals surface area contributed by atoms with Gasteiger partial charge >= 0.3 is 5.69 Å². The Kier molecular flexibility index (Phi) is 4.89. The summed E-state index contributed by atoms with van der Waals surface area (Å²) in [5.74, 6) is 0.291. The van der Waals surface area contributed by atoms with Gasteiger partial charge in [-0.2, -0.15) is 24.8 Å². The first-order valence-corrected chi connectivity index (χ1v) is 10.6. The maximum Gasteiger partial charge on any atom is 0.326 e. The summed E-state index contributed by atoms with van der Waals surface area (Å²) in [6.07, 6.45) is 10.1. The molecule has 0 atom stereocenters. The third-order valence-corrected chi connectivity index (χ3v) is 5.73. The van der Waals surface area contributed by atoms with Crippen molar-refractivity contribution in [1.29, 1.82) is 5.26 Å². The summed E-state index contributed by atoms with van der Waals surface area (Å²) in [5.41, 5.74) is 0.765. The molecule has 2 fully saturated rings. The van der Waals surface area contributed by atoms with Crippen molar-refractivity contribution in [2.75, 3.05) is 11.4 Å². The predicted octanol–water partition coefficient (Wildman–Crippen LogP) is 0.120. The van der Waals surface area contributed by atoms with Crippen LogP contribution in [0.15, 0.2) is 16.0 Å². The van der Waals surface area contributed by atoms with Crippen LogP contribution in [-0.4, -0.2) is 53.3 Å². The lowest BCUT2D eigenvalue weighted by atomic mass is 10.2. The Morgan fingerprint density at radius 3 is 2.77 bits per heavy atom. The SMILES string of the molecule is N#CCCN(c1nc(=NC2CC2)n2ncc(=Cc3[nH]c(=O)[nH]c3O)c2n1)C1CCCC1. The lowest BCUT2D eigenvalue weighted by Gasteiger charge is -2.28. The highest BCUT2D eigenvalue weighted by atomic mass is 16.3. The van der Waals surface area contributed by atoms with Gasteiger partial charge in [0, 0.05) is 17.8 Å². The van der Waals surface area contributed by atoms with Crippen LogP contribution in [0.4, 0.5) is 5.95 Å². The Hall–Kier alpha value is -3.68. The summed E-state index contributed by atoms with van der Waals surface area (Å²) in [7, 11) is 0. The van der Waals surface area contributed by atoms with E-state index in [2.05, 4.69) is 26.0 Å². The van der Waals surface area contributed by atoms with E-state index >= 15 is 0 Å². The Bertz CT molecular complexity index is 1320. The molecule has 2 aliphatic rings. The van der Waals surface area contributed by atoms with E-state index in [9.17, 15) is 9.90 Å². The number of hydrogen-bond acceptors (Lipinski definition) is 8. The van der Waals surface area contributed by atoms with Gasteiger partial charge in [0.1, 0.15) is 5.69 Å². The number of rotatable bonds is 6. The normalized spacial score (nSPS) is 18.2. The Morgan fingerprint density at radius 1 is 1.29 bits per heavy atom. The van der Waals surface area contributed by atoms with Crippen molar-refractivity contribution < 1.29 is 5.11 Å². The van der Waals surface area contributed by atoms with Crippen LogP contribution in [0.1, 0.15) is 50.6 Å². The molecule has 31 heavy (non-hydrogen) atoms. The van der Waals surface area contributed by atoms with Crippen molar-refractivity contribution in [2.24, 2.45) is 4.99 Å². The van der Waals surface area contributed by atoms with Crippen molar-refractivity contribution in [3.05, 3.63) is 33.2 Å². The highest BCUT2D eigenvalue weighted by Crippen LogP contribution is 2.26. The molecular weight excluding hydrogens is 398 g/mol. The molecule has 3 aromatic heterocycles. The van der Waals surface area contributed by atoms with Crippen molar-refractivity contribution in [3.8, 4) is 11.9 Å². The van der Waals surface area contributed by atoms with Crippen LogP contribution in [0.2, 0.25) is 0 Å². The minimum absolute atomic E-state index is 0.242. The van der Waals surface area contributed by atoms with Crippen molar-refractivity contribution in [1.82, 2.24) is 29.5 Å². The topological polar surface area (TPSA) is 151 Å². The number of hydrogen-bond donors (Lipinski definition) is 3. The van der Waals surface area contributed by atoms with Crippen molar-refractivity contribution in [3.63, 3.8) is 0 Å². The second kappa shape index (κ2) is 7.86. The number of H-pyrrole nitrogens is 2. The van der Waals surface area contributed by atoms with E-state index < -0.39 is 5.69 Å². The minimum Gasteiger partial charge on any atom is -0.493 e. The second-order valence-electron chi connectivity index (χ2n) is 8.04. The molecule has 0 bridgehead atoms. The lowest BCUT2D eigenvalue weighted by molar-refractivity contribution is 0.454. The molecule has 160 valence electrons. The molecule has 3 N–H and O–H groups in total. The first-order chi connectivity index (χ1) is 15.1. The van der Waals surface area contributed by atoms with Crippen LogP contribution in [0.5, 0.6) is 5.88 Å². The molecule has 0 saturated heterocycles. The molecule has 0 unspecified atom stereocenters. The Balaban J connectivity index is 1.69. The van der Waals surface area contributed by atoms with Crippen LogP contribution < -0.4 is 21.4 Å². The summed E-state index contributed by atoms with van der Waals surface area (Å²) in [6.45, 7) is 0.555. The maximum absolute atomic E-state index is 11.5. The molecule has 0 aromatic carbocycles. The number of fused-ring (bicyclic) bond motifs is 1. The van der Waals surface area contributed by atoms with E-state index in [1.54, 1.807) is 16.8 Å². The van der Waals surface area contributed by atoms with E-state index in [4.69, 9.17) is 20.2 Å². The quantitative estimate of drug-likeness (QED) is 0.511. The molecule has 0 aliphatic heterocycles. The molecular formula is C20H23N9O2. The van der Waals surface area contributed by atoms with E-state index in [1.165, 1.54) is 0 Å².